The van der Waals surface area contributed by atoms with Crippen LogP contribution in [0.5, 0.6) is 11.5 Å². The Hall–Kier alpha value is -3.72. The monoisotopic (exact) mass is 442 g/mol. The number of amides is 1. The molecular formula is C21H23ClN6O3. The number of aromatic nitrogens is 2. The SMILES string of the molecule is COc1ccc(CCNc2ncnc(NNC(=O)c3ccc(Cl)cc3)c2N)cc1OC. The van der Waals surface area contributed by atoms with E-state index in [9.17, 15) is 4.79 Å². The van der Waals surface area contributed by atoms with Crippen LogP contribution in [0.4, 0.5) is 17.3 Å². The topological polar surface area (TPSA) is 123 Å². The van der Waals surface area contributed by atoms with Crippen molar-refractivity contribution in [3.8, 4) is 11.5 Å². The van der Waals surface area contributed by atoms with Crippen LogP contribution in [0.15, 0.2) is 48.8 Å². The van der Waals surface area contributed by atoms with Gasteiger partial charge in [-0.05, 0) is 48.4 Å². The van der Waals surface area contributed by atoms with Crippen LogP contribution in [0.3, 0.4) is 0 Å². The molecule has 9 nitrogen and oxygen atoms in total. The molecule has 3 rings (SSSR count). The van der Waals surface area contributed by atoms with Crippen LogP contribution in [0.25, 0.3) is 0 Å². The molecule has 31 heavy (non-hydrogen) atoms. The molecule has 0 aliphatic carbocycles. The lowest BCUT2D eigenvalue weighted by Gasteiger charge is -2.14. The molecule has 1 aromatic heterocycles. The number of rotatable bonds is 9. The average Bonchev–Trinajstić information content (AvgIpc) is 2.79. The van der Waals surface area contributed by atoms with Gasteiger partial charge in [0, 0.05) is 17.1 Å². The highest BCUT2D eigenvalue weighted by atomic mass is 35.5. The number of hydrogen-bond donors (Lipinski definition) is 4. The maximum absolute atomic E-state index is 12.2. The third kappa shape index (κ3) is 5.67. The minimum absolute atomic E-state index is 0.283. The van der Waals surface area contributed by atoms with Crippen molar-refractivity contribution < 1.29 is 14.3 Å². The summed E-state index contributed by atoms with van der Waals surface area (Å²) in [4.78, 5) is 20.5. The third-order valence-electron chi connectivity index (χ3n) is 4.44. The smallest absolute Gasteiger partial charge is 0.269 e. The number of carbonyl (C=O) groups is 1. The van der Waals surface area contributed by atoms with Crippen LogP contribution in [0, 0.1) is 0 Å². The molecule has 5 N–H and O–H groups in total. The Morgan fingerprint density at radius 2 is 1.74 bits per heavy atom. The van der Waals surface area contributed by atoms with E-state index in [0.717, 1.165) is 5.56 Å². The largest absolute Gasteiger partial charge is 0.493 e. The Morgan fingerprint density at radius 3 is 2.45 bits per heavy atom. The van der Waals surface area contributed by atoms with Gasteiger partial charge in [0.25, 0.3) is 5.91 Å². The molecule has 10 heteroatoms. The number of hydrazine groups is 1. The third-order valence-corrected chi connectivity index (χ3v) is 4.69. The van der Waals surface area contributed by atoms with Gasteiger partial charge in [-0.25, -0.2) is 9.97 Å². The maximum Gasteiger partial charge on any atom is 0.269 e. The number of nitrogens with two attached hydrogens (primary N) is 1. The molecule has 1 heterocycles. The summed E-state index contributed by atoms with van der Waals surface area (Å²) in [7, 11) is 3.20. The van der Waals surface area contributed by atoms with Crippen molar-refractivity contribution in [2.45, 2.75) is 6.42 Å². The molecular weight excluding hydrogens is 420 g/mol. The molecule has 0 radical (unpaired) electrons. The van der Waals surface area contributed by atoms with Crippen LogP contribution in [0.1, 0.15) is 15.9 Å². The summed E-state index contributed by atoms with van der Waals surface area (Å²) in [5.74, 6) is 1.74. The second kappa shape index (κ2) is 10.4. The Kier molecular flexibility index (Phi) is 7.34. The van der Waals surface area contributed by atoms with E-state index in [-0.39, 0.29) is 17.4 Å². The van der Waals surface area contributed by atoms with Gasteiger partial charge in [0.1, 0.15) is 12.0 Å². The molecule has 0 aliphatic rings. The van der Waals surface area contributed by atoms with E-state index in [1.54, 1.807) is 38.5 Å². The quantitative estimate of drug-likeness (QED) is 0.373. The minimum Gasteiger partial charge on any atom is -0.493 e. The summed E-state index contributed by atoms with van der Waals surface area (Å²) >= 11 is 5.84. The number of halogens is 1. The van der Waals surface area contributed by atoms with E-state index in [2.05, 4.69) is 26.1 Å². The molecule has 0 atom stereocenters. The predicted molar refractivity (Wildman–Crippen MR) is 121 cm³/mol. The number of benzene rings is 2. The second-order valence-electron chi connectivity index (χ2n) is 6.44. The van der Waals surface area contributed by atoms with Crippen molar-refractivity contribution in [3.63, 3.8) is 0 Å². The van der Waals surface area contributed by atoms with Gasteiger partial charge in [-0.2, -0.15) is 0 Å². The Morgan fingerprint density at radius 1 is 1.03 bits per heavy atom. The first kappa shape index (κ1) is 22.0. The van der Waals surface area contributed by atoms with Crippen molar-refractivity contribution in [1.29, 1.82) is 0 Å². The molecule has 162 valence electrons. The summed E-state index contributed by atoms with van der Waals surface area (Å²) in [6, 6.07) is 12.2. The summed E-state index contributed by atoms with van der Waals surface area (Å²) < 4.78 is 10.6. The van der Waals surface area contributed by atoms with Crippen LogP contribution < -0.4 is 31.4 Å². The van der Waals surface area contributed by atoms with Gasteiger partial charge in [-0.1, -0.05) is 17.7 Å². The first-order chi connectivity index (χ1) is 15.0. The van der Waals surface area contributed by atoms with Crippen molar-refractivity contribution >= 4 is 34.8 Å². The number of nitrogens with zero attached hydrogens (tertiary/aromatic N) is 2. The molecule has 0 fully saturated rings. The first-order valence-corrected chi connectivity index (χ1v) is 9.76. The second-order valence-corrected chi connectivity index (χ2v) is 6.87. The van der Waals surface area contributed by atoms with Crippen molar-refractivity contribution in [1.82, 2.24) is 15.4 Å². The normalized spacial score (nSPS) is 10.3. The van der Waals surface area contributed by atoms with E-state index in [1.807, 2.05) is 18.2 Å². The van der Waals surface area contributed by atoms with Gasteiger partial charge < -0.3 is 20.5 Å². The van der Waals surface area contributed by atoms with Crippen molar-refractivity contribution in [2.75, 3.05) is 37.2 Å². The van der Waals surface area contributed by atoms with Gasteiger partial charge in [0.05, 0.1) is 14.2 Å². The molecule has 3 aromatic rings. The summed E-state index contributed by atoms with van der Waals surface area (Å²) in [5.41, 5.74) is 13.2. The fraction of sp³-hybridized carbons (Fsp3) is 0.190. The molecule has 0 unspecified atom stereocenters. The van der Waals surface area contributed by atoms with Crippen LogP contribution >= 0.6 is 11.6 Å². The number of ether oxygens (including phenoxy) is 2. The standard InChI is InChI=1S/C21H23ClN6O3/c1-30-16-8-3-13(11-17(16)31-2)9-10-24-19-18(23)20(26-12-25-19)27-28-21(29)14-4-6-15(22)7-5-14/h3-8,11-12H,9-10,23H2,1-2H3,(H,28,29)(H2,24,25,26,27). The van der Waals surface area contributed by atoms with Crippen molar-refractivity contribution in [3.05, 3.63) is 64.9 Å². The molecule has 1 amide bonds. The fourth-order valence-electron chi connectivity index (χ4n) is 2.79. The number of carbonyl (C=O) groups excluding carboxylic acids is 1. The van der Waals surface area contributed by atoms with Crippen LogP contribution in [0.2, 0.25) is 5.02 Å². The lowest BCUT2D eigenvalue weighted by atomic mass is 10.1. The summed E-state index contributed by atoms with van der Waals surface area (Å²) in [6.07, 6.45) is 2.06. The number of hydrogen-bond acceptors (Lipinski definition) is 8. The summed E-state index contributed by atoms with van der Waals surface area (Å²) in [5, 5.41) is 3.73. The highest BCUT2D eigenvalue weighted by Crippen LogP contribution is 2.28. The van der Waals surface area contributed by atoms with Gasteiger partial charge >= 0.3 is 0 Å². The van der Waals surface area contributed by atoms with Gasteiger partial charge in [-0.15, -0.1) is 0 Å². The van der Waals surface area contributed by atoms with E-state index in [4.69, 9.17) is 26.8 Å². The maximum atomic E-state index is 12.2. The van der Waals surface area contributed by atoms with Crippen LogP contribution in [-0.4, -0.2) is 36.6 Å². The van der Waals surface area contributed by atoms with E-state index in [0.29, 0.717) is 40.9 Å². The van der Waals surface area contributed by atoms with Gasteiger partial charge in [-0.3, -0.25) is 15.6 Å². The number of nitrogens with one attached hydrogen (secondary N) is 3. The highest BCUT2D eigenvalue weighted by Gasteiger charge is 2.11. The fourth-order valence-corrected chi connectivity index (χ4v) is 2.91. The number of methoxy groups -OCH3 is 2. The highest BCUT2D eigenvalue weighted by molar-refractivity contribution is 6.30. The lowest BCUT2D eigenvalue weighted by molar-refractivity contribution is 0.0962. The Bertz CT molecular complexity index is 1050. The molecule has 0 bridgehead atoms. The first-order valence-electron chi connectivity index (χ1n) is 9.39. The molecule has 2 aromatic carbocycles. The molecule has 0 aliphatic heterocycles. The zero-order valence-corrected chi connectivity index (χ0v) is 17.9. The summed E-state index contributed by atoms with van der Waals surface area (Å²) in [6.45, 7) is 0.577. The van der Waals surface area contributed by atoms with Crippen LogP contribution in [-0.2, 0) is 6.42 Å². The Labute approximate surface area is 184 Å². The number of nitrogen functional groups attached to an aromatic ring is 1. The van der Waals surface area contributed by atoms with E-state index in [1.165, 1.54) is 6.33 Å². The zero-order chi connectivity index (χ0) is 22.2. The van der Waals surface area contributed by atoms with E-state index < -0.39 is 0 Å². The minimum atomic E-state index is -0.349. The molecule has 0 saturated carbocycles. The van der Waals surface area contributed by atoms with Gasteiger partial charge in [0.2, 0.25) is 0 Å². The predicted octanol–water partition coefficient (Wildman–Crippen LogP) is 3.14. The van der Waals surface area contributed by atoms with Crippen molar-refractivity contribution in [2.24, 2.45) is 0 Å². The zero-order valence-electron chi connectivity index (χ0n) is 17.1. The molecule has 0 spiro atoms. The lowest BCUT2D eigenvalue weighted by Crippen LogP contribution is -2.30. The molecule has 0 saturated heterocycles. The van der Waals surface area contributed by atoms with Gasteiger partial charge in [0.15, 0.2) is 23.1 Å². The number of anilines is 3. The average molecular weight is 443 g/mol. The van der Waals surface area contributed by atoms with E-state index >= 15 is 0 Å². The Balaban J connectivity index is 1.58.